The molecule has 1 aromatic rings. The van der Waals surface area contributed by atoms with Crippen molar-refractivity contribution in [1.82, 2.24) is 0 Å². The van der Waals surface area contributed by atoms with Crippen LogP contribution in [0.5, 0.6) is 0 Å². The molecule has 0 aliphatic heterocycles. The number of para-hydroxylation sites is 1. The Morgan fingerprint density at radius 2 is 1.92 bits per heavy atom. The van der Waals surface area contributed by atoms with E-state index < -0.39 is 0 Å². The Balaban J connectivity index is 3.07. The van der Waals surface area contributed by atoms with Crippen LogP contribution in [0.3, 0.4) is 0 Å². The fourth-order valence-electron chi connectivity index (χ4n) is 1.37. The quantitative estimate of drug-likeness (QED) is 0.700. The van der Waals surface area contributed by atoms with E-state index >= 15 is 0 Å². The Hall–Kier alpha value is -1.49. The number of rotatable bonds is 2. The zero-order valence-corrected chi connectivity index (χ0v) is 7.99. The number of benzene rings is 1. The van der Waals surface area contributed by atoms with E-state index in [-0.39, 0.29) is 5.92 Å². The second-order valence-electron chi connectivity index (χ2n) is 3.48. The predicted octanol–water partition coefficient (Wildman–Crippen LogP) is 2.53. The van der Waals surface area contributed by atoms with Crippen molar-refractivity contribution in [2.75, 3.05) is 5.73 Å². The van der Waals surface area contributed by atoms with E-state index in [1.807, 2.05) is 38.1 Å². The van der Waals surface area contributed by atoms with Crippen molar-refractivity contribution < 1.29 is 0 Å². The highest BCUT2D eigenvalue weighted by Gasteiger charge is 2.16. The average Bonchev–Trinajstić information content (AvgIpc) is 2.09. The molecule has 0 radical (unpaired) electrons. The third-order valence-corrected chi connectivity index (χ3v) is 2.14. The molecule has 1 unspecified atom stereocenters. The molecule has 1 aromatic carbocycles. The Kier molecular flexibility index (Phi) is 2.92. The minimum Gasteiger partial charge on any atom is -0.398 e. The zero-order chi connectivity index (χ0) is 9.84. The minimum absolute atomic E-state index is 0.0961. The van der Waals surface area contributed by atoms with Gasteiger partial charge in [0.2, 0.25) is 0 Å². The second-order valence-corrected chi connectivity index (χ2v) is 3.48. The first-order valence-corrected chi connectivity index (χ1v) is 4.41. The minimum atomic E-state index is -0.0961. The van der Waals surface area contributed by atoms with Gasteiger partial charge in [-0.2, -0.15) is 5.26 Å². The summed E-state index contributed by atoms with van der Waals surface area (Å²) in [5, 5.41) is 8.97. The molecule has 0 saturated carbocycles. The number of hydrogen-bond donors (Lipinski definition) is 1. The summed E-state index contributed by atoms with van der Waals surface area (Å²) in [4.78, 5) is 0. The molecule has 0 heterocycles. The molecule has 2 heteroatoms. The number of hydrogen-bond acceptors (Lipinski definition) is 2. The van der Waals surface area contributed by atoms with Gasteiger partial charge in [0.05, 0.1) is 12.0 Å². The molecule has 0 aliphatic carbocycles. The maximum Gasteiger partial charge on any atom is 0.0755 e. The van der Waals surface area contributed by atoms with Crippen LogP contribution < -0.4 is 5.73 Å². The third-order valence-electron chi connectivity index (χ3n) is 2.14. The van der Waals surface area contributed by atoms with Gasteiger partial charge in [-0.3, -0.25) is 0 Å². The van der Waals surface area contributed by atoms with E-state index in [2.05, 4.69) is 6.07 Å². The molecule has 0 amide bonds. The molecular formula is C11H14N2. The van der Waals surface area contributed by atoms with Crippen molar-refractivity contribution in [1.29, 1.82) is 5.26 Å². The molecule has 2 N–H and O–H groups in total. The van der Waals surface area contributed by atoms with Crippen LogP contribution in [0.4, 0.5) is 5.69 Å². The van der Waals surface area contributed by atoms with Crippen LogP contribution in [-0.2, 0) is 0 Å². The lowest BCUT2D eigenvalue weighted by Gasteiger charge is -2.14. The Morgan fingerprint density at radius 1 is 1.31 bits per heavy atom. The highest BCUT2D eigenvalue weighted by molar-refractivity contribution is 5.50. The van der Waals surface area contributed by atoms with Gasteiger partial charge in [-0.15, -0.1) is 0 Å². The van der Waals surface area contributed by atoms with Gasteiger partial charge >= 0.3 is 0 Å². The number of nitriles is 1. The fourth-order valence-corrected chi connectivity index (χ4v) is 1.37. The molecule has 0 saturated heterocycles. The van der Waals surface area contributed by atoms with Crippen molar-refractivity contribution in [2.45, 2.75) is 19.8 Å². The van der Waals surface area contributed by atoms with Crippen LogP contribution in [0.15, 0.2) is 24.3 Å². The molecule has 13 heavy (non-hydrogen) atoms. The maximum atomic E-state index is 8.97. The SMILES string of the molecule is CC(C)C(C#N)c1ccccc1N. The zero-order valence-electron chi connectivity index (χ0n) is 7.99. The van der Waals surface area contributed by atoms with Gasteiger partial charge in [0, 0.05) is 5.69 Å². The molecule has 2 nitrogen and oxygen atoms in total. The summed E-state index contributed by atoms with van der Waals surface area (Å²) in [6.45, 7) is 4.06. The lowest BCUT2D eigenvalue weighted by molar-refractivity contribution is 0.588. The number of nitrogens with zero attached hydrogens (tertiary/aromatic N) is 1. The van der Waals surface area contributed by atoms with Gasteiger partial charge in [-0.1, -0.05) is 32.0 Å². The molecule has 1 rings (SSSR count). The van der Waals surface area contributed by atoms with Gasteiger partial charge in [0.1, 0.15) is 0 Å². The average molecular weight is 174 g/mol. The fraction of sp³-hybridized carbons (Fsp3) is 0.364. The summed E-state index contributed by atoms with van der Waals surface area (Å²) in [6, 6.07) is 9.83. The number of nitrogens with two attached hydrogens (primary N) is 1. The summed E-state index contributed by atoms with van der Waals surface area (Å²) >= 11 is 0. The van der Waals surface area contributed by atoms with E-state index in [1.165, 1.54) is 0 Å². The van der Waals surface area contributed by atoms with Crippen LogP contribution in [0.2, 0.25) is 0 Å². The summed E-state index contributed by atoms with van der Waals surface area (Å²) in [7, 11) is 0. The first-order chi connectivity index (χ1) is 6.16. The van der Waals surface area contributed by atoms with Crippen LogP contribution in [0.1, 0.15) is 25.3 Å². The molecule has 0 aromatic heterocycles. The Bertz CT molecular complexity index is 323. The monoisotopic (exact) mass is 174 g/mol. The second kappa shape index (κ2) is 3.95. The number of anilines is 1. The van der Waals surface area contributed by atoms with Gasteiger partial charge in [0.25, 0.3) is 0 Å². The van der Waals surface area contributed by atoms with Crippen LogP contribution >= 0.6 is 0 Å². The van der Waals surface area contributed by atoms with Crippen LogP contribution in [-0.4, -0.2) is 0 Å². The van der Waals surface area contributed by atoms with Crippen molar-refractivity contribution in [3.05, 3.63) is 29.8 Å². The van der Waals surface area contributed by atoms with Gasteiger partial charge < -0.3 is 5.73 Å². The first-order valence-electron chi connectivity index (χ1n) is 4.41. The topological polar surface area (TPSA) is 49.8 Å². The van der Waals surface area contributed by atoms with Crippen molar-refractivity contribution in [3.8, 4) is 6.07 Å². The van der Waals surface area contributed by atoms with E-state index in [9.17, 15) is 0 Å². The summed E-state index contributed by atoms with van der Waals surface area (Å²) in [5.74, 6) is 0.205. The molecule has 0 spiro atoms. The Morgan fingerprint density at radius 3 is 2.38 bits per heavy atom. The van der Waals surface area contributed by atoms with Crippen LogP contribution in [0, 0.1) is 17.2 Å². The highest BCUT2D eigenvalue weighted by Crippen LogP contribution is 2.27. The van der Waals surface area contributed by atoms with E-state index in [0.29, 0.717) is 11.6 Å². The largest absolute Gasteiger partial charge is 0.398 e. The number of nitrogen functional groups attached to an aromatic ring is 1. The van der Waals surface area contributed by atoms with E-state index in [4.69, 9.17) is 11.0 Å². The summed E-state index contributed by atoms with van der Waals surface area (Å²) < 4.78 is 0. The normalized spacial score (nSPS) is 12.5. The predicted molar refractivity (Wildman–Crippen MR) is 54.0 cm³/mol. The standard InChI is InChI=1S/C11H14N2/c1-8(2)10(7-12)9-5-3-4-6-11(9)13/h3-6,8,10H,13H2,1-2H3. The molecule has 1 atom stereocenters. The van der Waals surface area contributed by atoms with E-state index in [0.717, 1.165) is 5.56 Å². The van der Waals surface area contributed by atoms with Gasteiger partial charge in [0.15, 0.2) is 0 Å². The summed E-state index contributed by atoms with van der Waals surface area (Å²) in [6.07, 6.45) is 0. The molecule has 0 bridgehead atoms. The molecular weight excluding hydrogens is 160 g/mol. The smallest absolute Gasteiger partial charge is 0.0755 e. The lowest BCUT2D eigenvalue weighted by Crippen LogP contribution is -2.06. The lowest BCUT2D eigenvalue weighted by atomic mass is 9.89. The van der Waals surface area contributed by atoms with Gasteiger partial charge in [-0.05, 0) is 17.5 Å². The molecule has 0 aliphatic rings. The van der Waals surface area contributed by atoms with Crippen molar-refractivity contribution in [3.63, 3.8) is 0 Å². The molecule has 68 valence electrons. The highest BCUT2D eigenvalue weighted by atomic mass is 14.6. The third kappa shape index (κ3) is 2.00. The first kappa shape index (κ1) is 9.60. The van der Waals surface area contributed by atoms with Gasteiger partial charge in [-0.25, -0.2) is 0 Å². The van der Waals surface area contributed by atoms with E-state index in [1.54, 1.807) is 0 Å². The van der Waals surface area contributed by atoms with Crippen molar-refractivity contribution in [2.24, 2.45) is 5.92 Å². The van der Waals surface area contributed by atoms with Crippen molar-refractivity contribution >= 4 is 5.69 Å². The maximum absolute atomic E-state index is 8.97. The van der Waals surface area contributed by atoms with Crippen LogP contribution in [0.25, 0.3) is 0 Å². The summed E-state index contributed by atoms with van der Waals surface area (Å²) in [5.41, 5.74) is 7.44. The Labute approximate surface area is 79.0 Å². The molecule has 0 fully saturated rings.